The van der Waals surface area contributed by atoms with Crippen LogP contribution in [0.4, 0.5) is 0 Å². The van der Waals surface area contributed by atoms with Gasteiger partial charge in [-0.3, -0.25) is 9.88 Å². The van der Waals surface area contributed by atoms with E-state index in [0.29, 0.717) is 0 Å². The number of pyridine rings is 1. The summed E-state index contributed by atoms with van der Waals surface area (Å²) in [5, 5.41) is 0. The number of aromatic nitrogens is 1. The van der Waals surface area contributed by atoms with Gasteiger partial charge in [-0.25, -0.2) is 0 Å². The number of nitrogens with zero attached hydrogens (tertiary/aromatic N) is 2. The summed E-state index contributed by atoms with van der Waals surface area (Å²) in [6, 6.07) is 4.45. The van der Waals surface area contributed by atoms with Crippen LogP contribution in [0.25, 0.3) is 0 Å². The maximum absolute atomic E-state index is 6.14. The van der Waals surface area contributed by atoms with Crippen molar-refractivity contribution in [1.82, 2.24) is 9.88 Å². The van der Waals surface area contributed by atoms with E-state index in [1.165, 1.54) is 5.56 Å². The summed E-state index contributed by atoms with van der Waals surface area (Å²) in [5.74, 6) is 0. The van der Waals surface area contributed by atoms with Crippen molar-refractivity contribution in [2.45, 2.75) is 32.0 Å². The van der Waals surface area contributed by atoms with Crippen LogP contribution in [0.15, 0.2) is 24.5 Å². The Bertz CT molecular complexity index is 342. The molecule has 1 saturated heterocycles. The first-order valence-corrected chi connectivity index (χ1v) is 6.19. The highest BCUT2D eigenvalue weighted by atomic mass is 16.5. The summed E-state index contributed by atoms with van der Waals surface area (Å²) in [7, 11) is 0. The lowest BCUT2D eigenvalue weighted by Gasteiger charge is -2.39. The summed E-state index contributed by atoms with van der Waals surface area (Å²) < 4.78 is 5.58. The summed E-state index contributed by atoms with van der Waals surface area (Å²) in [6.45, 7) is 6.84. The van der Waals surface area contributed by atoms with Gasteiger partial charge in [0.1, 0.15) is 0 Å². The van der Waals surface area contributed by atoms with E-state index in [1.54, 1.807) is 0 Å². The molecule has 0 aromatic carbocycles. The van der Waals surface area contributed by atoms with Crippen LogP contribution in [0.5, 0.6) is 0 Å². The van der Waals surface area contributed by atoms with Crippen molar-refractivity contribution in [2.75, 3.05) is 19.7 Å². The van der Waals surface area contributed by atoms with E-state index < -0.39 is 0 Å². The lowest BCUT2D eigenvalue weighted by atomic mass is 9.99. The predicted octanol–water partition coefficient (Wildman–Crippen LogP) is 1.19. The van der Waals surface area contributed by atoms with Crippen molar-refractivity contribution in [3.05, 3.63) is 30.1 Å². The predicted molar refractivity (Wildman–Crippen MR) is 67.6 cm³/mol. The molecule has 1 aliphatic rings. The van der Waals surface area contributed by atoms with Gasteiger partial charge in [-0.1, -0.05) is 0 Å². The summed E-state index contributed by atoms with van der Waals surface area (Å²) in [5.41, 5.74) is 7.38. The normalized spacial score (nSPS) is 25.5. The van der Waals surface area contributed by atoms with Gasteiger partial charge in [0.25, 0.3) is 0 Å². The summed E-state index contributed by atoms with van der Waals surface area (Å²) in [4.78, 5) is 6.47. The molecule has 3 atom stereocenters. The molecule has 0 bridgehead atoms. The van der Waals surface area contributed by atoms with Gasteiger partial charge in [-0.15, -0.1) is 0 Å². The molecule has 17 heavy (non-hydrogen) atoms. The largest absolute Gasteiger partial charge is 0.376 e. The zero-order valence-electron chi connectivity index (χ0n) is 10.5. The Morgan fingerprint density at radius 1 is 1.47 bits per heavy atom. The van der Waals surface area contributed by atoms with E-state index in [0.717, 1.165) is 19.7 Å². The second-order valence-corrected chi connectivity index (χ2v) is 4.76. The van der Waals surface area contributed by atoms with Crippen LogP contribution in [0.1, 0.15) is 25.5 Å². The molecule has 0 aliphatic carbocycles. The standard InChI is InChI=1S/C13H21N3O/c1-10-9-16(7-8-17-10)13(11(2)14)12-3-5-15-6-4-12/h3-6,10-11,13H,7-9,14H2,1-2H3. The first-order chi connectivity index (χ1) is 8.18. The Morgan fingerprint density at radius 2 is 2.18 bits per heavy atom. The van der Waals surface area contributed by atoms with Crippen LogP contribution in [-0.2, 0) is 4.74 Å². The van der Waals surface area contributed by atoms with E-state index >= 15 is 0 Å². The molecule has 1 fully saturated rings. The Kier molecular flexibility index (Phi) is 4.10. The Labute approximate surface area is 103 Å². The fourth-order valence-electron chi connectivity index (χ4n) is 2.51. The fraction of sp³-hybridized carbons (Fsp3) is 0.615. The molecule has 3 unspecified atom stereocenters. The maximum Gasteiger partial charge on any atom is 0.0674 e. The third-order valence-electron chi connectivity index (χ3n) is 3.21. The highest BCUT2D eigenvalue weighted by molar-refractivity contribution is 5.17. The lowest BCUT2D eigenvalue weighted by molar-refractivity contribution is -0.0376. The molecular weight excluding hydrogens is 214 g/mol. The van der Waals surface area contributed by atoms with Gasteiger partial charge in [0.2, 0.25) is 0 Å². The molecule has 1 aliphatic heterocycles. The second kappa shape index (κ2) is 5.58. The van der Waals surface area contributed by atoms with Crippen molar-refractivity contribution < 1.29 is 4.74 Å². The molecule has 0 saturated carbocycles. The first kappa shape index (κ1) is 12.5. The van der Waals surface area contributed by atoms with E-state index in [4.69, 9.17) is 10.5 Å². The highest BCUT2D eigenvalue weighted by Crippen LogP contribution is 2.24. The van der Waals surface area contributed by atoms with Crippen LogP contribution in [0, 0.1) is 0 Å². The fourth-order valence-corrected chi connectivity index (χ4v) is 2.51. The zero-order chi connectivity index (χ0) is 12.3. The second-order valence-electron chi connectivity index (χ2n) is 4.76. The maximum atomic E-state index is 6.14. The van der Waals surface area contributed by atoms with Crippen molar-refractivity contribution >= 4 is 0 Å². The lowest BCUT2D eigenvalue weighted by Crippen LogP contribution is -2.47. The minimum atomic E-state index is 0.0997. The van der Waals surface area contributed by atoms with Crippen LogP contribution >= 0.6 is 0 Å². The van der Waals surface area contributed by atoms with E-state index in [1.807, 2.05) is 24.5 Å². The number of hydrogen-bond donors (Lipinski definition) is 1. The van der Waals surface area contributed by atoms with Crippen LogP contribution < -0.4 is 5.73 Å². The minimum Gasteiger partial charge on any atom is -0.376 e. The van der Waals surface area contributed by atoms with Crippen LogP contribution in [0.2, 0.25) is 0 Å². The molecular formula is C13H21N3O. The van der Waals surface area contributed by atoms with Crippen molar-refractivity contribution in [3.8, 4) is 0 Å². The Hall–Kier alpha value is -0.970. The smallest absolute Gasteiger partial charge is 0.0674 e. The SMILES string of the molecule is CC1CN(C(c2ccncc2)C(C)N)CCO1. The van der Waals surface area contributed by atoms with E-state index in [2.05, 4.69) is 23.7 Å². The average molecular weight is 235 g/mol. The molecule has 0 spiro atoms. The third kappa shape index (κ3) is 3.03. The zero-order valence-corrected chi connectivity index (χ0v) is 10.5. The number of ether oxygens (including phenoxy) is 1. The number of rotatable bonds is 3. The van der Waals surface area contributed by atoms with Gasteiger partial charge >= 0.3 is 0 Å². The van der Waals surface area contributed by atoms with Gasteiger partial charge in [0.05, 0.1) is 12.7 Å². The molecule has 1 aromatic heterocycles. The monoisotopic (exact) mass is 235 g/mol. The molecule has 1 aromatic rings. The molecule has 2 N–H and O–H groups in total. The first-order valence-electron chi connectivity index (χ1n) is 6.19. The minimum absolute atomic E-state index is 0.0997. The Morgan fingerprint density at radius 3 is 2.76 bits per heavy atom. The molecule has 94 valence electrons. The summed E-state index contributed by atoms with van der Waals surface area (Å²) in [6.07, 6.45) is 3.94. The van der Waals surface area contributed by atoms with Crippen LogP contribution in [-0.4, -0.2) is 41.7 Å². The highest BCUT2D eigenvalue weighted by Gasteiger charge is 2.27. The van der Waals surface area contributed by atoms with Crippen molar-refractivity contribution in [2.24, 2.45) is 5.73 Å². The average Bonchev–Trinajstić information content (AvgIpc) is 2.30. The molecule has 2 heterocycles. The molecule has 2 rings (SSSR count). The number of nitrogens with two attached hydrogens (primary N) is 1. The molecule has 0 amide bonds. The van der Waals surface area contributed by atoms with Gasteiger partial charge in [-0.2, -0.15) is 0 Å². The van der Waals surface area contributed by atoms with Gasteiger partial charge in [-0.05, 0) is 31.5 Å². The third-order valence-corrected chi connectivity index (χ3v) is 3.21. The van der Waals surface area contributed by atoms with Crippen LogP contribution in [0.3, 0.4) is 0 Å². The van der Waals surface area contributed by atoms with E-state index in [-0.39, 0.29) is 18.2 Å². The summed E-state index contributed by atoms with van der Waals surface area (Å²) >= 11 is 0. The molecule has 4 heteroatoms. The van der Waals surface area contributed by atoms with Gasteiger partial charge < -0.3 is 10.5 Å². The molecule has 4 nitrogen and oxygen atoms in total. The van der Waals surface area contributed by atoms with Crippen molar-refractivity contribution in [1.29, 1.82) is 0 Å². The Balaban J connectivity index is 2.17. The van der Waals surface area contributed by atoms with Gasteiger partial charge in [0.15, 0.2) is 0 Å². The molecule has 0 radical (unpaired) electrons. The van der Waals surface area contributed by atoms with Gasteiger partial charge in [0, 0.05) is 37.6 Å². The van der Waals surface area contributed by atoms with E-state index in [9.17, 15) is 0 Å². The topological polar surface area (TPSA) is 51.4 Å². The van der Waals surface area contributed by atoms with Crippen molar-refractivity contribution in [3.63, 3.8) is 0 Å². The quantitative estimate of drug-likeness (QED) is 0.855. The number of hydrogen-bond acceptors (Lipinski definition) is 4. The number of morpholine rings is 1.